The van der Waals surface area contributed by atoms with Crippen molar-refractivity contribution in [2.45, 2.75) is 40.0 Å². The number of fused-ring (bicyclic) bond motifs is 1. The van der Waals surface area contributed by atoms with Crippen LogP contribution < -0.4 is 5.43 Å². The van der Waals surface area contributed by atoms with Crippen LogP contribution in [-0.4, -0.2) is 20.4 Å². The van der Waals surface area contributed by atoms with Crippen molar-refractivity contribution in [1.82, 2.24) is 0 Å². The fraction of sp³-hybridized carbons (Fsp3) is 0.240. The van der Waals surface area contributed by atoms with Crippen molar-refractivity contribution in [2.24, 2.45) is 0 Å². The van der Waals surface area contributed by atoms with Crippen LogP contribution in [0.25, 0.3) is 22.1 Å². The van der Waals surface area contributed by atoms with Gasteiger partial charge in [0.25, 0.3) is 0 Å². The predicted octanol–water partition coefficient (Wildman–Crippen LogP) is 5.52. The van der Waals surface area contributed by atoms with Crippen molar-refractivity contribution in [3.8, 4) is 34.1 Å². The summed E-state index contributed by atoms with van der Waals surface area (Å²) in [7, 11) is 0. The maximum atomic E-state index is 13.0. The molecule has 0 spiro atoms. The maximum absolute atomic E-state index is 13.0. The minimum Gasteiger partial charge on any atom is -0.508 e. The van der Waals surface area contributed by atoms with Crippen molar-refractivity contribution in [3.05, 3.63) is 69.6 Å². The van der Waals surface area contributed by atoms with Gasteiger partial charge in [-0.3, -0.25) is 4.79 Å². The second-order valence-electron chi connectivity index (χ2n) is 7.89. The first kappa shape index (κ1) is 22.0. The van der Waals surface area contributed by atoms with E-state index in [0.29, 0.717) is 12.0 Å². The molecule has 0 bridgehead atoms. The molecule has 1 heterocycles. The standard InChI is InChI=1S/C25H26O6/c1-14(2)5-4-6-15(3)7-8-16-9-17(26)10-19(24(16)29)20-13-31-22-12-18(27)11-21(28)23(22)25(20)30/h5,7,9-13,26-29H,4,6,8H2,1-3H3. The van der Waals surface area contributed by atoms with E-state index >= 15 is 0 Å². The Balaban J connectivity index is 2.01. The van der Waals surface area contributed by atoms with E-state index < -0.39 is 11.2 Å². The number of phenols is 4. The highest BCUT2D eigenvalue weighted by molar-refractivity contribution is 5.89. The lowest BCUT2D eigenvalue weighted by atomic mass is 9.98. The fourth-order valence-electron chi connectivity index (χ4n) is 3.42. The summed E-state index contributed by atoms with van der Waals surface area (Å²) in [6.45, 7) is 6.12. The van der Waals surface area contributed by atoms with E-state index in [-0.39, 0.29) is 39.3 Å². The van der Waals surface area contributed by atoms with Crippen LogP contribution in [0.15, 0.2) is 63.0 Å². The van der Waals surface area contributed by atoms with Crippen LogP contribution in [-0.2, 0) is 6.42 Å². The van der Waals surface area contributed by atoms with Gasteiger partial charge in [-0.1, -0.05) is 23.3 Å². The van der Waals surface area contributed by atoms with Gasteiger partial charge in [0, 0.05) is 23.3 Å². The molecule has 6 heteroatoms. The summed E-state index contributed by atoms with van der Waals surface area (Å²) in [5, 5.41) is 40.6. The number of rotatable bonds is 6. The van der Waals surface area contributed by atoms with Crippen LogP contribution in [0.3, 0.4) is 0 Å². The molecule has 0 aliphatic heterocycles. The highest BCUT2D eigenvalue weighted by Crippen LogP contribution is 2.37. The molecule has 4 N–H and O–H groups in total. The van der Waals surface area contributed by atoms with E-state index in [1.165, 1.54) is 23.8 Å². The van der Waals surface area contributed by atoms with Gasteiger partial charge in [-0.05, 0) is 52.2 Å². The Kier molecular flexibility index (Phi) is 6.39. The molecule has 3 rings (SSSR count). The molecule has 2 aromatic carbocycles. The van der Waals surface area contributed by atoms with Gasteiger partial charge in [0.1, 0.15) is 40.2 Å². The molecule has 3 aromatic rings. The summed E-state index contributed by atoms with van der Waals surface area (Å²) in [5.41, 5.74) is 2.41. The Bertz CT molecular complexity index is 1240. The molecular formula is C25H26O6. The molecule has 0 fully saturated rings. The summed E-state index contributed by atoms with van der Waals surface area (Å²) >= 11 is 0. The van der Waals surface area contributed by atoms with Gasteiger partial charge in [0.15, 0.2) is 0 Å². The lowest BCUT2D eigenvalue weighted by molar-refractivity contribution is 0.451. The summed E-state index contributed by atoms with van der Waals surface area (Å²) in [4.78, 5) is 13.0. The molecule has 0 aliphatic rings. The van der Waals surface area contributed by atoms with Crippen LogP contribution >= 0.6 is 0 Å². The van der Waals surface area contributed by atoms with Crippen molar-refractivity contribution in [2.75, 3.05) is 0 Å². The van der Waals surface area contributed by atoms with Crippen molar-refractivity contribution >= 4 is 11.0 Å². The highest BCUT2D eigenvalue weighted by Gasteiger charge is 2.18. The Morgan fingerprint density at radius 3 is 2.35 bits per heavy atom. The van der Waals surface area contributed by atoms with Gasteiger partial charge in [0.05, 0.1) is 5.56 Å². The van der Waals surface area contributed by atoms with E-state index in [1.54, 1.807) is 0 Å². The Hall–Kier alpha value is -3.67. The molecule has 0 aliphatic carbocycles. The van der Waals surface area contributed by atoms with Crippen molar-refractivity contribution in [1.29, 1.82) is 0 Å². The molecule has 0 unspecified atom stereocenters. The Labute approximate surface area is 180 Å². The summed E-state index contributed by atoms with van der Waals surface area (Å²) in [6, 6.07) is 4.99. The molecule has 31 heavy (non-hydrogen) atoms. The van der Waals surface area contributed by atoms with Crippen LogP contribution in [0.2, 0.25) is 0 Å². The van der Waals surface area contributed by atoms with Crippen LogP contribution in [0, 0.1) is 0 Å². The average molecular weight is 422 g/mol. The second-order valence-corrected chi connectivity index (χ2v) is 7.89. The van der Waals surface area contributed by atoms with Gasteiger partial charge >= 0.3 is 0 Å². The number of hydrogen-bond acceptors (Lipinski definition) is 6. The lowest BCUT2D eigenvalue weighted by Crippen LogP contribution is -2.05. The first-order chi connectivity index (χ1) is 14.7. The molecular weight excluding hydrogens is 396 g/mol. The van der Waals surface area contributed by atoms with Gasteiger partial charge in [0.2, 0.25) is 5.43 Å². The topological polar surface area (TPSA) is 111 Å². The number of benzene rings is 2. The molecule has 1 aromatic heterocycles. The Morgan fingerprint density at radius 2 is 1.65 bits per heavy atom. The van der Waals surface area contributed by atoms with E-state index in [2.05, 4.69) is 19.9 Å². The number of phenolic OH excluding ortho intramolecular Hbond substituents is 4. The van der Waals surface area contributed by atoms with E-state index in [0.717, 1.165) is 30.7 Å². The second kappa shape index (κ2) is 9.00. The zero-order valence-corrected chi connectivity index (χ0v) is 17.8. The van der Waals surface area contributed by atoms with Crippen molar-refractivity contribution < 1.29 is 24.8 Å². The van der Waals surface area contributed by atoms with Crippen LogP contribution in [0.4, 0.5) is 0 Å². The number of allylic oxidation sites excluding steroid dienone is 4. The first-order valence-corrected chi connectivity index (χ1v) is 9.99. The molecule has 0 amide bonds. The molecule has 6 nitrogen and oxygen atoms in total. The highest BCUT2D eigenvalue weighted by atomic mass is 16.3. The zero-order valence-electron chi connectivity index (χ0n) is 17.8. The molecule has 0 radical (unpaired) electrons. The van der Waals surface area contributed by atoms with Crippen LogP contribution in [0.5, 0.6) is 23.0 Å². The summed E-state index contributed by atoms with van der Waals surface area (Å²) in [6.07, 6.45) is 7.48. The zero-order chi connectivity index (χ0) is 22.7. The predicted molar refractivity (Wildman–Crippen MR) is 121 cm³/mol. The fourth-order valence-corrected chi connectivity index (χ4v) is 3.42. The normalized spacial score (nSPS) is 11.6. The summed E-state index contributed by atoms with van der Waals surface area (Å²) < 4.78 is 5.41. The molecule has 162 valence electrons. The van der Waals surface area contributed by atoms with Gasteiger partial charge < -0.3 is 24.8 Å². The first-order valence-electron chi connectivity index (χ1n) is 9.99. The average Bonchev–Trinajstić information content (AvgIpc) is 2.68. The minimum absolute atomic E-state index is 0.00704. The number of hydrogen-bond donors (Lipinski definition) is 4. The SMILES string of the molecule is CC(C)=CCCC(C)=CCc1cc(O)cc(-c2coc3cc(O)cc(O)c3c2=O)c1O. The third kappa shape index (κ3) is 4.91. The molecule has 0 saturated heterocycles. The number of aromatic hydroxyl groups is 4. The largest absolute Gasteiger partial charge is 0.508 e. The minimum atomic E-state index is -0.584. The quantitative estimate of drug-likeness (QED) is 0.308. The third-order valence-electron chi connectivity index (χ3n) is 5.07. The molecule has 0 saturated carbocycles. The maximum Gasteiger partial charge on any atom is 0.204 e. The smallest absolute Gasteiger partial charge is 0.204 e. The van der Waals surface area contributed by atoms with E-state index in [9.17, 15) is 25.2 Å². The van der Waals surface area contributed by atoms with Gasteiger partial charge in [-0.15, -0.1) is 0 Å². The lowest BCUT2D eigenvalue weighted by Gasteiger charge is -2.11. The third-order valence-corrected chi connectivity index (χ3v) is 5.07. The van der Waals surface area contributed by atoms with E-state index in [1.807, 2.05) is 13.0 Å². The molecule has 0 atom stereocenters. The van der Waals surface area contributed by atoms with Gasteiger partial charge in [-0.2, -0.15) is 0 Å². The van der Waals surface area contributed by atoms with Crippen LogP contribution in [0.1, 0.15) is 39.2 Å². The van der Waals surface area contributed by atoms with E-state index in [4.69, 9.17) is 4.42 Å². The summed E-state index contributed by atoms with van der Waals surface area (Å²) in [5.74, 6) is -0.917. The monoisotopic (exact) mass is 422 g/mol. The van der Waals surface area contributed by atoms with Gasteiger partial charge in [-0.25, -0.2) is 0 Å². The Morgan fingerprint density at radius 1 is 0.935 bits per heavy atom. The van der Waals surface area contributed by atoms with Crippen molar-refractivity contribution in [3.63, 3.8) is 0 Å².